The summed E-state index contributed by atoms with van der Waals surface area (Å²) in [6, 6.07) is 18.3. The van der Waals surface area contributed by atoms with Gasteiger partial charge in [-0.25, -0.2) is 4.99 Å². The van der Waals surface area contributed by atoms with Gasteiger partial charge in [0.05, 0.1) is 11.8 Å². The van der Waals surface area contributed by atoms with Crippen LogP contribution in [0.25, 0.3) is 0 Å². The zero-order chi connectivity index (χ0) is 15.6. The molecule has 0 fully saturated rings. The number of aryl methyl sites for hydroxylation is 1. The van der Waals surface area contributed by atoms with Crippen LogP contribution in [0.4, 0.5) is 5.69 Å². The van der Waals surface area contributed by atoms with Gasteiger partial charge in [0.2, 0.25) is 5.90 Å². The molecule has 0 saturated heterocycles. The van der Waals surface area contributed by atoms with Gasteiger partial charge in [0.15, 0.2) is 0 Å². The first-order valence-electron chi connectivity index (χ1n) is 7.43. The van der Waals surface area contributed by atoms with Gasteiger partial charge in [-0.15, -0.1) is 0 Å². The van der Waals surface area contributed by atoms with E-state index in [1.54, 1.807) is 0 Å². The highest BCUT2D eigenvalue weighted by molar-refractivity contribution is 5.97. The van der Waals surface area contributed by atoms with Gasteiger partial charge in [-0.05, 0) is 32.0 Å². The maximum absolute atomic E-state index is 8.94. The smallest absolute Gasteiger partial charge is 0.222 e. The average Bonchev–Trinajstić information content (AvgIpc) is 2.54. The van der Waals surface area contributed by atoms with Gasteiger partial charge in [-0.1, -0.05) is 35.9 Å². The number of rotatable bonds is 3. The predicted molar refractivity (Wildman–Crippen MR) is 87.1 cm³/mol. The van der Waals surface area contributed by atoms with E-state index in [0.29, 0.717) is 18.7 Å². The second-order valence-corrected chi connectivity index (χ2v) is 5.79. The van der Waals surface area contributed by atoms with Gasteiger partial charge in [0, 0.05) is 24.0 Å². The molecule has 0 amide bonds. The van der Waals surface area contributed by atoms with Gasteiger partial charge >= 0.3 is 0 Å². The fourth-order valence-corrected chi connectivity index (χ4v) is 2.72. The highest BCUT2D eigenvalue weighted by atomic mass is 16.5. The lowest BCUT2D eigenvalue weighted by Gasteiger charge is -2.35. The maximum atomic E-state index is 8.94. The third-order valence-corrected chi connectivity index (χ3v) is 4.03. The van der Waals surface area contributed by atoms with Crippen LogP contribution in [0.15, 0.2) is 53.5 Å². The standard InChI is InChI=1S/C19H18N2O/c1-14-8-10-15(11-9-14)18-21-17-7-4-3-6-16(17)19(2,22-18)12-5-13-20/h3-4,6-11H,5,12H2,1-2H3. The Balaban J connectivity index is 2.06. The summed E-state index contributed by atoms with van der Waals surface area (Å²) in [5.41, 5.74) is 3.61. The summed E-state index contributed by atoms with van der Waals surface area (Å²) < 4.78 is 6.23. The SMILES string of the molecule is Cc1ccc(C2=Nc3ccccc3C(C)(CCC#N)O2)cc1. The van der Waals surface area contributed by atoms with Crippen molar-refractivity contribution in [1.82, 2.24) is 0 Å². The fraction of sp³-hybridized carbons (Fsp3) is 0.263. The van der Waals surface area contributed by atoms with Crippen molar-refractivity contribution in [3.63, 3.8) is 0 Å². The van der Waals surface area contributed by atoms with Crippen LogP contribution in [0.5, 0.6) is 0 Å². The Morgan fingerprint density at radius 2 is 1.86 bits per heavy atom. The third kappa shape index (κ3) is 2.60. The van der Waals surface area contributed by atoms with E-state index >= 15 is 0 Å². The lowest BCUT2D eigenvalue weighted by Crippen LogP contribution is -2.32. The first-order chi connectivity index (χ1) is 10.6. The van der Waals surface area contributed by atoms with Gasteiger partial charge in [-0.3, -0.25) is 0 Å². The monoisotopic (exact) mass is 290 g/mol. The molecule has 3 rings (SSSR count). The van der Waals surface area contributed by atoms with Crippen LogP contribution in [-0.2, 0) is 10.3 Å². The topological polar surface area (TPSA) is 45.4 Å². The van der Waals surface area contributed by atoms with Gasteiger partial charge in [0.25, 0.3) is 0 Å². The molecular formula is C19H18N2O. The van der Waals surface area contributed by atoms with Crippen molar-refractivity contribution in [2.75, 3.05) is 0 Å². The summed E-state index contributed by atoms with van der Waals surface area (Å²) in [5.74, 6) is 0.624. The molecule has 3 heteroatoms. The number of hydrogen-bond acceptors (Lipinski definition) is 3. The number of fused-ring (bicyclic) bond motifs is 1. The van der Waals surface area contributed by atoms with Crippen LogP contribution in [0.2, 0.25) is 0 Å². The minimum atomic E-state index is -0.520. The van der Waals surface area contributed by atoms with Crippen LogP contribution in [-0.4, -0.2) is 5.90 Å². The zero-order valence-electron chi connectivity index (χ0n) is 12.8. The van der Waals surface area contributed by atoms with Crippen LogP contribution in [0.3, 0.4) is 0 Å². The number of nitriles is 1. The molecule has 2 aromatic rings. The first-order valence-corrected chi connectivity index (χ1v) is 7.43. The Labute approximate surface area is 130 Å². The molecule has 0 aliphatic carbocycles. The molecule has 0 radical (unpaired) electrons. The molecule has 0 aromatic heterocycles. The fourth-order valence-electron chi connectivity index (χ4n) is 2.72. The number of hydrogen-bond donors (Lipinski definition) is 0. The molecule has 2 aromatic carbocycles. The van der Waals surface area contributed by atoms with E-state index in [-0.39, 0.29) is 0 Å². The van der Waals surface area contributed by atoms with Gasteiger partial charge in [0.1, 0.15) is 5.60 Å². The molecule has 0 saturated carbocycles. The quantitative estimate of drug-likeness (QED) is 0.827. The molecule has 0 bridgehead atoms. The molecular weight excluding hydrogens is 272 g/mol. The lowest BCUT2D eigenvalue weighted by atomic mass is 9.88. The van der Waals surface area contributed by atoms with Crippen molar-refractivity contribution in [3.8, 4) is 6.07 Å². The molecule has 110 valence electrons. The van der Waals surface area contributed by atoms with Crippen LogP contribution in [0.1, 0.15) is 36.5 Å². The number of aliphatic imine (C=N–C) groups is 1. The Bertz CT molecular complexity index is 756. The average molecular weight is 290 g/mol. The van der Waals surface area contributed by atoms with Gasteiger partial charge in [-0.2, -0.15) is 5.26 Å². The molecule has 0 spiro atoms. The summed E-state index contributed by atoms with van der Waals surface area (Å²) >= 11 is 0. The van der Waals surface area contributed by atoms with Gasteiger partial charge < -0.3 is 4.74 Å². The minimum absolute atomic E-state index is 0.450. The second-order valence-electron chi connectivity index (χ2n) is 5.79. The Morgan fingerprint density at radius 1 is 1.14 bits per heavy atom. The second kappa shape index (κ2) is 5.65. The van der Waals surface area contributed by atoms with Crippen molar-refractivity contribution < 1.29 is 4.74 Å². The molecule has 1 atom stereocenters. The normalized spacial score (nSPS) is 19.6. The van der Waals surface area contributed by atoms with E-state index < -0.39 is 5.60 Å². The number of ether oxygens (including phenoxy) is 1. The molecule has 1 aliphatic rings. The summed E-state index contributed by atoms with van der Waals surface area (Å²) in [6.45, 7) is 4.09. The van der Waals surface area contributed by atoms with Crippen molar-refractivity contribution >= 4 is 11.6 Å². The number of para-hydroxylation sites is 1. The Hall–Kier alpha value is -2.60. The molecule has 22 heavy (non-hydrogen) atoms. The van der Waals surface area contributed by atoms with E-state index in [1.807, 2.05) is 55.5 Å². The van der Waals surface area contributed by atoms with Crippen LogP contribution in [0, 0.1) is 18.3 Å². The number of nitrogens with zero attached hydrogens (tertiary/aromatic N) is 2. The van der Waals surface area contributed by atoms with E-state index in [4.69, 9.17) is 10.00 Å². The zero-order valence-corrected chi connectivity index (χ0v) is 12.8. The largest absolute Gasteiger partial charge is 0.466 e. The van der Waals surface area contributed by atoms with E-state index in [1.165, 1.54) is 5.56 Å². The summed E-state index contributed by atoms with van der Waals surface area (Å²) in [7, 11) is 0. The Morgan fingerprint density at radius 3 is 2.59 bits per heavy atom. The van der Waals surface area contributed by atoms with Crippen molar-refractivity contribution in [3.05, 3.63) is 65.2 Å². The van der Waals surface area contributed by atoms with Crippen LogP contribution >= 0.6 is 0 Å². The van der Waals surface area contributed by atoms with E-state index in [0.717, 1.165) is 16.8 Å². The number of benzene rings is 2. The maximum Gasteiger partial charge on any atom is 0.222 e. The van der Waals surface area contributed by atoms with Crippen molar-refractivity contribution in [1.29, 1.82) is 5.26 Å². The van der Waals surface area contributed by atoms with Crippen molar-refractivity contribution in [2.24, 2.45) is 4.99 Å². The third-order valence-electron chi connectivity index (χ3n) is 4.03. The molecule has 1 heterocycles. The molecule has 0 N–H and O–H groups in total. The lowest BCUT2D eigenvalue weighted by molar-refractivity contribution is 0.0621. The summed E-state index contributed by atoms with van der Waals surface area (Å²) in [6.07, 6.45) is 1.09. The highest BCUT2D eigenvalue weighted by Crippen LogP contribution is 2.41. The first kappa shape index (κ1) is 14.3. The minimum Gasteiger partial charge on any atom is -0.466 e. The molecule has 3 nitrogen and oxygen atoms in total. The summed E-state index contributed by atoms with van der Waals surface area (Å²) in [5, 5.41) is 8.94. The van der Waals surface area contributed by atoms with E-state index in [9.17, 15) is 0 Å². The molecule has 1 aliphatic heterocycles. The highest BCUT2D eigenvalue weighted by Gasteiger charge is 2.35. The van der Waals surface area contributed by atoms with E-state index in [2.05, 4.69) is 18.0 Å². The van der Waals surface area contributed by atoms with Crippen LogP contribution < -0.4 is 0 Å². The summed E-state index contributed by atoms with van der Waals surface area (Å²) in [4.78, 5) is 4.66. The Kier molecular flexibility index (Phi) is 3.68. The molecule has 1 unspecified atom stereocenters. The van der Waals surface area contributed by atoms with Crippen molar-refractivity contribution in [2.45, 2.75) is 32.3 Å². The predicted octanol–water partition coefficient (Wildman–Crippen LogP) is 4.62.